The summed E-state index contributed by atoms with van der Waals surface area (Å²) in [5.41, 5.74) is 0.152. The van der Waals surface area contributed by atoms with Gasteiger partial charge in [-0.05, 0) is 26.0 Å². The summed E-state index contributed by atoms with van der Waals surface area (Å²) in [6.07, 6.45) is 0. The van der Waals surface area contributed by atoms with E-state index >= 15 is 0 Å². The molecule has 0 spiro atoms. The van der Waals surface area contributed by atoms with Crippen molar-refractivity contribution in [3.63, 3.8) is 0 Å². The van der Waals surface area contributed by atoms with E-state index in [0.29, 0.717) is 10.3 Å². The third-order valence-corrected chi connectivity index (χ3v) is 4.27. The second-order valence-electron chi connectivity index (χ2n) is 4.82. The highest BCUT2D eigenvalue weighted by molar-refractivity contribution is 7.99. The van der Waals surface area contributed by atoms with E-state index < -0.39 is 5.82 Å². The Labute approximate surface area is 149 Å². The molecule has 0 fully saturated rings. The summed E-state index contributed by atoms with van der Waals surface area (Å²) in [6, 6.07) is 7.71. The Morgan fingerprint density at radius 3 is 2.67 bits per heavy atom. The van der Waals surface area contributed by atoms with Crippen molar-refractivity contribution in [2.75, 3.05) is 29.1 Å². The Balaban J connectivity index is 2.01. The van der Waals surface area contributed by atoms with Gasteiger partial charge in [0.25, 0.3) is 0 Å². The van der Waals surface area contributed by atoms with Gasteiger partial charge in [0.05, 0.1) is 11.4 Å². The lowest BCUT2D eigenvalue weighted by molar-refractivity contribution is -0.113. The molecular formula is C16H18ClFN4OS. The first kappa shape index (κ1) is 18.5. The molecule has 0 aliphatic carbocycles. The molecule has 24 heavy (non-hydrogen) atoms. The summed E-state index contributed by atoms with van der Waals surface area (Å²) < 4.78 is 13.5. The number of hydrogen-bond acceptors (Lipinski definition) is 5. The van der Waals surface area contributed by atoms with E-state index in [2.05, 4.69) is 15.3 Å². The molecule has 0 bridgehead atoms. The van der Waals surface area contributed by atoms with Gasteiger partial charge < -0.3 is 10.2 Å². The third kappa shape index (κ3) is 5.07. The lowest BCUT2D eigenvalue weighted by Gasteiger charge is -2.20. The zero-order valence-corrected chi connectivity index (χ0v) is 15.0. The maximum absolute atomic E-state index is 13.5. The second-order valence-corrected chi connectivity index (χ2v) is 6.15. The summed E-state index contributed by atoms with van der Waals surface area (Å²) in [5, 5.41) is 3.25. The van der Waals surface area contributed by atoms with Gasteiger partial charge in [0, 0.05) is 19.2 Å². The van der Waals surface area contributed by atoms with Crippen LogP contribution in [-0.2, 0) is 4.79 Å². The predicted molar refractivity (Wildman–Crippen MR) is 96.4 cm³/mol. The number of carbonyl (C=O) groups is 1. The highest BCUT2D eigenvalue weighted by Crippen LogP contribution is 2.22. The van der Waals surface area contributed by atoms with Crippen LogP contribution < -0.4 is 10.2 Å². The maximum atomic E-state index is 13.5. The smallest absolute Gasteiger partial charge is 0.234 e. The van der Waals surface area contributed by atoms with Crippen molar-refractivity contribution in [1.29, 1.82) is 0 Å². The molecule has 1 N–H and O–H groups in total. The fraction of sp³-hybridized carbons (Fsp3) is 0.312. The number of para-hydroxylation sites is 1. The Bertz CT molecular complexity index is 712. The van der Waals surface area contributed by atoms with Crippen LogP contribution in [0.2, 0.25) is 5.15 Å². The van der Waals surface area contributed by atoms with Crippen molar-refractivity contribution in [3.8, 4) is 0 Å². The molecule has 2 aromatic rings. The average Bonchev–Trinajstić information content (AvgIpc) is 2.56. The first-order chi connectivity index (χ1) is 11.5. The first-order valence-corrected chi connectivity index (χ1v) is 8.86. The molecule has 0 saturated heterocycles. The first-order valence-electron chi connectivity index (χ1n) is 7.50. The van der Waals surface area contributed by atoms with Gasteiger partial charge in [-0.15, -0.1) is 0 Å². The zero-order valence-electron chi connectivity index (χ0n) is 13.4. The molecular weight excluding hydrogens is 351 g/mol. The van der Waals surface area contributed by atoms with Gasteiger partial charge in [0.15, 0.2) is 5.16 Å². The number of rotatable bonds is 7. The van der Waals surface area contributed by atoms with E-state index in [9.17, 15) is 9.18 Å². The molecule has 0 radical (unpaired) electrons. The van der Waals surface area contributed by atoms with Crippen molar-refractivity contribution in [3.05, 3.63) is 41.3 Å². The van der Waals surface area contributed by atoms with Crippen LogP contribution in [0.1, 0.15) is 13.8 Å². The normalized spacial score (nSPS) is 10.5. The molecule has 128 valence electrons. The topological polar surface area (TPSA) is 58.1 Å². The lowest BCUT2D eigenvalue weighted by atomic mass is 10.3. The number of nitrogens with one attached hydrogen (secondary N) is 1. The number of amides is 1. The van der Waals surface area contributed by atoms with Gasteiger partial charge in [-0.1, -0.05) is 35.5 Å². The van der Waals surface area contributed by atoms with Crippen LogP contribution in [0.5, 0.6) is 0 Å². The molecule has 0 aliphatic rings. The lowest BCUT2D eigenvalue weighted by Crippen LogP contribution is -2.23. The summed E-state index contributed by atoms with van der Waals surface area (Å²) in [4.78, 5) is 22.5. The van der Waals surface area contributed by atoms with Crippen LogP contribution in [0, 0.1) is 5.82 Å². The molecule has 8 heteroatoms. The zero-order chi connectivity index (χ0) is 17.5. The number of hydrogen-bond donors (Lipinski definition) is 1. The van der Waals surface area contributed by atoms with Crippen molar-refractivity contribution in [2.24, 2.45) is 0 Å². The Hall–Kier alpha value is -1.86. The van der Waals surface area contributed by atoms with Gasteiger partial charge in [-0.3, -0.25) is 4.79 Å². The van der Waals surface area contributed by atoms with E-state index in [0.717, 1.165) is 30.7 Å². The quantitative estimate of drug-likeness (QED) is 0.457. The molecule has 0 saturated carbocycles. The third-order valence-electron chi connectivity index (χ3n) is 3.23. The number of halogens is 2. The number of anilines is 2. The summed E-state index contributed by atoms with van der Waals surface area (Å²) in [6.45, 7) is 5.63. The Morgan fingerprint density at radius 1 is 1.29 bits per heavy atom. The Kier molecular flexibility index (Phi) is 6.81. The molecule has 1 aromatic carbocycles. The molecule has 1 aromatic heterocycles. The fourth-order valence-corrected chi connectivity index (χ4v) is 2.92. The molecule has 0 aliphatic heterocycles. The van der Waals surface area contributed by atoms with Crippen LogP contribution in [-0.4, -0.2) is 34.7 Å². The highest BCUT2D eigenvalue weighted by atomic mass is 35.5. The summed E-state index contributed by atoms with van der Waals surface area (Å²) in [7, 11) is 0. The van der Waals surface area contributed by atoms with Crippen LogP contribution in [0.4, 0.5) is 15.9 Å². The number of carbonyl (C=O) groups excluding carboxylic acids is 1. The van der Waals surface area contributed by atoms with Crippen LogP contribution in [0.25, 0.3) is 0 Å². The van der Waals surface area contributed by atoms with Gasteiger partial charge >= 0.3 is 0 Å². The molecule has 0 atom stereocenters. The Morgan fingerprint density at radius 2 is 2.00 bits per heavy atom. The van der Waals surface area contributed by atoms with E-state index in [1.165, 1.54) is 12.1 Å². The van der Waals surface area contributed by atoms with Gasteiger partial charge in [-0.25, -0.2) is 14.4 Å². The van der Waals surface area contributed by atoms with Crippen molar-refractivity contribution < 1.29 is 9.18 Å². The maximum Gasteiger partial charge on any atom is 0.234 e. The molecule has 1 heterocycles. The van der Waals surface area contributed by atoms with E-state index in [-0.39, 0.29) is 17.3 Å². The van der Waals surface area contributed by atoms with Gasteiger partial charge in [-0.2, -0.15) is 0 Å². The standard InChI is InChI=1S/C16H18ClFN4OS/c1-3-22(4-2)14-9-13(17)20-16(21-14)24-10-15(23)19-12-8-6-5-7-11(12)18/h5-9H,3-4,10H2,1-2H3,(H,19,23). The minimum atomic E-state index is -0.473. The number of thioether (sulfide) groups is 1. The fourth-order valence-electron chi connectivity index (χ4n) is 2.04. The van der Waals surface area contributed by atoms with E-state index in [4.69, 9.17) is 11.6 Å². The molecule has 1 amide bonds. The minimum Gasteiger partial charge on any atom is -0.357 e. The molecule has 0 unspecified atom stereocenters. The monoisotopic (exact) mass is 368 g/mol. The number of nitrogens with zero attached hydrogens (tertiary/aromatic N) is 3. The number of aromatic nitrogens is 2. The van der Waals surface area contributed by atoms with Crippen LogP contribution in [0.3, 0.4) is 0 Å². The number of benzene rings is 1. The van der Waals surface area contributed by atoms with Crippen molar-refractivity contribution in [2.45, 2.75) is 19.0 Å². The van der Waals surface area contributed by atoms with Crippen LogP contribution >= 0.6 is 23.4 Å². The SMILES string of the molecule is CCN(CC)c1cc(Cl)nc(SCC(=O)Nc2ccccc2F)n1. The molecule has 5 nitrogen and oxygen atoms in total. The average molecular weight is 369 g/mol. The predicted octanol–water partition coefficient (Wildman–Crippen LogP) is 3.85. The summed E-state index contributed by atoms with van der Waals surface area (Å²) in [5.74, 6) is -0.0272. The highest BCUT2D eigenvalue weighted by Gasteiger charge is 2.12. The van der Waals surface area contributed by atoms with E-state index in [1.807, 2.05) is 18.7 Å². The summed E-state index contributed by atoms with van der Waals surface area (Å²) >= 11 is 7.19. The molecule has 2 rings (SSSR count). The van der Waals surface area contributed by atoms with E-state index in [1.54, 1.807) is 18.2 Å². The van der Waals surface area contributed by atoms with Gasteiger partial charge in [0.2, 0.25) is 5.91 Å². The second kappa shape index (κ2) is 8.84. The van der Waals surface area contributed by atoms with Crippen molar-refractivity contribution >= 4 is 40.8 Å². The van der Waals surface area contributed by atoms with Crippen molar-refractivity contribution in [1.82, 2.24) is 9.97 Å². The van der Waals surface area contributed by atoms with Gasteiger partial charge in [0.1, 0.15) is 16.8 Å². The largest absolute Gasteiger partial charge is 0.357 e. The van der Waals surface area contributed by atoms with Crippen LogP contribution in [0.15, 0.2) is 35.5 Å². The minimum absolute atomic E-state index is 0.0619.